The van der Waals surface area contributed by atoms with Gasteiger partial charge in [0, 0.05) is 5.41 Å². The number of ether oxygens (including phenoxy) is 1. The second-order valence-electron chi connectivity index (χ2n) is 9.51. The van der Waals surface area contributed by atoms with Gasteiger partial charge in [-0.3, -0.25) is 14.4 Å². The minimum absolute atomic E-state index is 0.0156. The molecule has 0 N–H and O–H groups in total. The Morgan fingerprint density at radius 2 is 1.61 bits per heavy atom. The van der Waals surface area contributed by atoms with Crippen molar-refractivity contribution in [1.82, 2.24) is 0 Å². The van der Waals surface area contributed by atoms with Crippen LogP contribution < -0.4 is 0 Å². The van der Waals surface area contributed by atoms with Crippen LogP contribution in [0.25, 0.3) is 0 Å². The number of Topliss-reactive ketones (excluding diaryl/α,β-unsaturated/α-hetero) is 2. The monoisotopic (exact) mass is 384 g/mol. The molecule has 152 valence electrons. The number of carbonyl (C=O) groups is 3. The Bertz CT molecular complexity index is 711. The predicted molar refractivity (Wildman–Crippen MR) is 107 cm³/mol. The van der Waals surface area contributed by atoms with Gasteiger partial charge in [0.1, 0.15) is 0 Å². The van der Waals surface area contributed by atoms with Crippen molar-refractivity contribution in [2.75, 3.05) is 6.61 Å². The maximum absolute atomic E-state index is 13.0. The van der Waals surface area contributed by atoms with Gasteiger partial charge in [-0.05, 0) is 82.1 Å². The Morgan fingerprint density at radius 1 is 0.964 bits per heavy atom. The van der Waals surface area contributed by atoms with Gasteiger partial charge in [0.15, 0.2) is 18.2 Å². The Labute approximate surface area is 167 Å². The zero-order valence-electron chi connectivity index (χ0n) is 17.1. The minimum Gasteiger partial charge on any atom is -0.457 e. The van der Waals surface area contributed by atoms with Crippen LogP contribution in [-0.4, -0.2) is 24.1 Å². The maximum Gasteiger partial charge on any atom is 0.309 e. The van der Waals surface area contributed by atoms with Gasteiger partial charge in [-0.1, -0.05) is 30.6 Å². The van der Waals surface area contributed by atoms with Gasteiger partial charge in [-0.2, -0.15) is 0 Å². The first kappa shape index (κ1) is 19.6. The van der Waals surface area contributed by atoms with Crippen LogP contribution in [0.2, 0.25) is 0 Å². The average molecular weight is 385 g/mol. The largest absolute Gasteiger partial charge is 0.457 e. The quantitative estimate of drug-likeness (QED) is 0.613. The highest BCUT2D eigenvalue weighted by molar-refractivity contribution is 5.93. The smallest absolute Gasteiger partial charge is 0.309 e. The highest BCUT2D eigenvalue weighted by atomic mass is 16.5. The molecule has 0 heterocycles. The predicted octanol–water partition coefficient (Wildman–Crippen LogP) is 4.87. The van der Waals surface area contributed by atoms with E-state index in [-0.39, 0.29) is 40.9 Å². The molecule has 0 aliphatic heterocycles. The van der Waals surface area contributed by atoms with Crippen molar-refractivity contribution in [3.05, 3.63) is 23.3 Å². The molecule has 28 heavy (non-hydrogen) atoms. The van der Waals surface area contributed by atoms with Crippen LogP contribution in [-0.2, 0) is 19.1 Å². The van der Waals surface area contributed by atoms with Crippen LogP contribution >= 0.6 is 0 Å². The molecule has 0 aromatic carbocycles. The summed E-state index contributed by atoms with van der Waals surface area (Å²) in [4.78, 5) is 36.7. The van der Waals surface area contributed by atoms with Crippen LogP contribution in [0.1, 0.15) is 84.0 Å². The van der Waals surface area contributed by atoms with Gasteiger partial charge >= 0.3 is 5.97 Å². The third kappa shape index (κ3) is 3.51. The Hall–Kier alpha value is -1.71. The van der Waals surface area contributed by atoms with Crippen molar-refractivity contribution in [2.24, 2.45) is 16.7 Å². The highest BCUT2D eigenvalue weighted by Crippen LogP contribution is 2.61. The molecule has 4 fully saturated rings. The van der Waals surface area contributed by atoms with E-state index in [1.165, 1.54) is 5.57 Å². The van der Waals surface area contributed by atoms with Gasteiger partial charge in [0.05, 0.1) is 5.92 Å². The molecule has 5 aliphatic rings. The fraction of sp³-hybridized carbons (Fsp3) is 0.708. The van der Waals surface area contributed by atoms with E-state index in [1.807, 2.05) is 6.08 Å². The fourth-order valence-corrected chi connectivity index (χ4v) is 6.03. The lowest BCUT2D eigenvalue weighted by Gasteiger charge is -2.54. The first-order valence-electron chi connectivity index (χ1n) is 11.1. The number of rotatable bonds is 6. The van der Waals surface area contributed by atoms with Gasteiger partial charge < -0.3 is 4.74 Å². The number of esters is 1. The molecule has 2 bridgehead atoms. The average Bonchev–Trinajstić information content (AvgIpc) is 3.28. The number of hydrogen-bond donors (Lipinski definition) is 0. The summed E-state index contributed by atoms with van der Waals surface area (Å²) in [6.07, 6.45) is 15.9. The standard InChI is InChI=1S/C24H32O4/c1-17(25)18-6-8-20(9-7-18)23-10-13-24(14-11-23,15-12-23)21(26)16-28-22(27)19-4-2-3-5-19/h6,8,19H,2-5,7,9-16H2,1H3. The summed E-state index contributed by atoms with van der Waals surface area (Å²) in [5, 5.41) is 0. The molecule has 4 nitrogen and oxygen atoms in total. The van der Waals surface area contributed by atoms with Crippen molar-refractivity contribution in [3.8, 4) is 0 Å². The van der Waals surface area contributed by atoms with Crippen LogP contribution in [0, 0.1) is 16.7 Å². The zero-order chi connectivity index (χ0) is 19.8. The maximum atomic E-state index is 13.0. The molecule has 0 radical (unpaired) electrons. The summed E-state index contributed by atoms with van der Waals surface area (Å²) >= 11 is 0. The molecular formula is C24H32O4. The van der Waals surface area contributed by atoms with Crippen molar-refractivity contribution in [1.29, 1.82) is 0 Å². The Morgan fingerprint density at radius 3 is 2.14 bits per heavy atom. The lowest BCUT2D eigenvalue weighted by atomic mass is 9.50. The molecule has 0 unspecified atom stereocenters. The highest BCUT2D eigenvalue weighted by Gasteiger charge is 2.53. The molecule has 0 atom stereocenters. The molecule has 0 aromatic heterocycles. The van der Waals surface area contributed by atoms with E-state index >= 15 is 0 Å². The van der Waals surface area contributed by atoms with Crippen molar-refractivity contribution in [2.45, 2.75) is 84.0 Å². The summed E-state index contributed by atoms with van der Waals surface area (Å²) in [6.45, 7) is 1.61. The number of hydrogen-bond acceptors (Lipinski definition) is 4. The number of fused-ring (bicyclic) bond motifs is 3. The van der Waals surface area contributed by atoms with Crippen molar-refractivity contribution in [3.63, 3.8) is 0 Å². The molecule has 5 aliphatic carbocycles. The normalized spacial score (nSPS) is 32.6. The van der Waals surface area contributed by atoms with Crippen LogP contribution in [0.5, 0.6) is 0 Å². The minimum atomic E-state index is -0.271. The van der Waals surface area contributed by atoms with E-state index in [9.17, 15) is 14.4 Å². The fourth-order valence-electron chi connectivity index (χ4n) is 6.03. The van der Waals surface area contributed by atoms with E-state index in [1.54, 1.807) is 6.92 Å². The van der Waals surface area contributed by atoms with Crippen LogP contribution in [0.3, 0.4) is 0 Å². The number of carbonyl (C=O) groups excluding carboxylic acids is 3. The van der Waals surface area contributed by atoms with Crippen LogP contribution in [0.15, 0.2) is 23.3 Å². The molecule has 5 rings (SSSR count). The number of allylic oxidation sites excluding steroid dienone is 4. The Balaban J connectivity index is 1.36. The first-order valence-corrected chi connectivity index (χ1v) is 11.1. The lowest BCUT2D eigenvalue weighted by Crippen LogP contribution is -2.48. The summed E-state index contributed by atoms with van der Waals surface area (Å²) in [7, 11) is 0. The summed E-state index contributed by atoms with van der Waals surface area (Å²) in [5.41, 5.74) is 2.36. The molecule has 0 saturated heterocycles. The first-order chi connectivity index (χ1) is 13.4. The zero-order valence-corrected chi connectivity index (χ0v) is 17.1. The van der Waals surface area contributed by atoms with E-state index in [4.69, 9.17) is 4.74 Å². The van der Waals surface area contributed by atoms with E-state index < -0.39 is 0 Å². The third-order valence-electron chi connectivity index (χ3n) is 8.15. The van der Waals surface area contributed by atoms with Crippen LogP contribution in [0.4, 0.5) is 0 Å². The second-order valence-corrected chi connectivity index (χ2v) is 9.51. The molecule has 0 spiro atoms. The van der Waals surface area contributed by atoms with E-state index in [0.29, 0.717) is 0 Å². The Kier molecular flexibility index (Phi) is 5.32. The van der Waals surface area contributed by atoms with E-state index in [0.717, 1.165) is 82.6 Å². The lowest BCUT2D eigenvalue weighted by molar-refractivity contribution is -0.157. The second kappa shape index (κ2) is 7.61. The summed E-state index contributed by atoms with van der Waals surface area (Å²) in [6, 6.07) is 0. The molecule has 4 heteroatoms. The van der Waals surface area contributed by atoms with E-state index in [2.05, 4.69) is 6.08 Å². The molecule has 0 amide bonds. The SMILES string of the molecule is CC(=O)C1=CC=C(C23CCC(C(=O)COC(=O)C4CCCC4)(CC2)CC3)CC1. The van der Waals surface area contributed by atoms with Gasteiger partial charge in [0.25, 0.3) is 0 Å². The molecule has 4 saturated carbocycles. The topological polar surface area (TPSA) is 60.4 Å². The van der Waals surface area contributed by atoms with Gasteiger partial charge in [0.2, 0.25) is 0 Å². The van der Waals surface area contributed by atoms with Crippen molar-refractivity contribution >= 4 is 17.5 Å². The third-order valence-corrected chi connectivity index (χ3v) is 8.15. The number of ketones is 2. The van der Waals surface area contributed by atoms with Gasteiger partial charge in [-0.25, -0.2) is 0 Å². The van der Waals surface area contributed by atoms with Crippen molar-refractivity contribution < 1.29 is 19.1 Å². The summed E-state index contributed by atoms with van der Waals surface area (Å²) in [5.74, 6) is 0.172. The molecular weight excluding hydrogens is 352 g/mol. The summed E-state index contributed by atoms with van der Waals surface area (Å²) < 4.78 is 5.42. The van der Waals surface area contributed by atoms with Gasteiger partial charge in [-0.15, -0.1) is 0 Å². The molecule has 0 aromatic rings.